The summed E-state index contributed by atoms with van der Waals surface area (Å²) in [5, 5.41) is 18.2. The number of rotatable bonds is 4. The SMILES string of the molecule is Cc1cc(-c2c(C)cccc2C#N)cc([C@@H](N)CC(=O)O)c1F.Cl. The zero-order valence-corrected chi connectivity index (χ0v) is 14.2. The number of aliphatic carboxylic acids is 1. The minimum Gasteiger partial charge on any atom is -0.481 e. The number of carboxylic acids is 1. The highest BCUT2D eigenvalue weighted by Crippen LogP contribution is 2.32. The second-order valence-corrected chi connectivity index (χ2v) is 5.51. The van der Waals surface area contributed by atoms with Crippen molar-refractivity contribution in [2.24, 2.45) is 5.73 Å². The number of carboxylic acid groups (broad SMARTS) is 1. The normalized spacial score (nSPS) is 11.3. The van der Waals surface area contributed by atoms with Crippen LogP contribution in [0.1, 0.15) is 34.7 Å². The van der Waals surface area contributed by atoms with Crippen LogP contribution in [0.3, 0.4) is 0 Å². The van der Waals surface area contributed by atoms with Gasteiger partial charge in [-0.1, -0.05) is 12.1 Å². The summed E-state index contributed by atoms with van der Waals surface area (Å²) in [7, 11) is 0. The van der Waals surface area contributed by atoms with Crippen molar-refractivity contribution in [3.05, 3.63) is 58.4 Å². The molecule has 0 aliphatic carbocycles. The monoisotopic (exact) mass is 348 g/mol. The van der Waals surface area contributed by atoms with Gasteiger partial charge in [0.25, 0.3) is 0 Å². The number of hydrogen-bond acceptors (Lipinski definition) is 3. The molecule has 2 aromatic carbocycles. The van der Waals surface area contributed by atoms with Crippen molar-refractivity contribution < 1.29 is 14.3 Å². The molecule has 2 aromatic rings. The Bertz CT molecular complexity index is 815. The van der Waals surface area contributed by atoms with E-state index in [2.05, 4.69) is 6.07 Å². The molecule has 0 aromatic heterocycles. The van der Waals surface area contributed by atoms with E-state index in [0.29, 0.717) is 22.3 Å². The number of nitrogens with zero attached hydrogens (tertiary/aromatic N) is 1. The Morgan fingerprint density at radius 1 is 1.33 bits per heavy atom. The number of halogens is 2. The predicted molar refractivity (Wildman–Crippen MR) is 92.5 cm³/mol. The Kier molecular flexibility index (Phi) is 6.47. The van der Waals surface area contributed by atoms with E-state index < -0.39 is 17.8 Å². The van der Waals surface area contributed by atoms with Crippen LogP contribution in [0.4, 0.5) is 4.39 Å². The van der Waals surface area contributed by atoms with Crippen molar-refractivity contribution in [2.75, 3.05) is 0 Å². The largest absolute Gasteiger partial charge is 0.481 e. The van der Waals surface area contributed by atoms with Crippen molar-refractivity contribution in [3.63, 3.8) is 0 Å². The molecule has 0 radical (unpaired) electrons. The topological polar surface area (TPSA) is 87.1 Å². The first-order valence-electron chi connectivity index (χ1n) is 7.12. The summed E-state index contributed by atoms with van der Waals surface area (Å²) in [6, 6.07) is 9.72. The van der Waals surface area contributed by atoms with E-state index in [0.717, 1.165) is 5.56 Å². The van der Waals surface area contributed by atoms with Gasteiger partial charge in [0.1, 0.15) is 5.82 Å². The summed E-state index contributed by atoms with van der Waals surface area (Å²) in [6.45, 7) is 3.46. The van der Waals surface area contributed by atoms with E-state index in [4.69, 9.17) is 10.8 Å². The molecule has 0 saturated heterocycles. The molecule has 0 bridgehead atoms. The van der Waals surface area contributed by atoms with Gasteiger partial charge in [-0.05, 0) is 48.7 Å². The molecule has 1 atom stereocenters. The standard InChI is InChI=1S/C18H17FN2O2.ClH/c1-10-4-3-5-12(9-20)17(10)13-6-11(2)18(19)14(7-13)15(21)8-16(22)23;/h3-7,15H,8,21H2,1-2H3,(H,22,23);1H/t15-;/m0./s1. The van der Waals surface area contributed by atoms with Crippen LogP contribution in [-0.2, 0) is 4.79 Å². The Hall–Kier alpha value is -2.42. The molecule has 0 unspecified atom stereocenters. The van der Waals surface area contributed by atoms with Crippen LogP contribution < -0.4 is 5.73 Å². The third-order valence-electron chi connectivity index (χ3n) is 3.76. The lowest BCUT2D eigenvalue weighted by atomic mass is 9.91. The zero-order valence-electron chi connectivity index (χ0n) is 13.3. The quantitative estimate of drug-likeness (QED) is 0.877. The smallest absolute Gasteiger partial charge is 0.305 e. The van der Waals surface area contributed by atoms with Crippen molar-refractivity contribution >= 4 is 18.4 Å². The van der Waals surface area contributed by atoms with E-state index in [-0.39, 0.29) is 24.4 Å². The molecule has 0 amide bonds. The summed E-state index contributed by atoms with van der Waals surface area (Å²) in [4.78, 5) is 10.8. The maximum Gasteiger partial charge on any atom is 0.305 e. The lowest BCUT2D eigenvalue weighted by molar-refractivity contribution is -0.137. The second kappa shape index (κ2) is 7.91. The highest BCUT2D eigenvalue weighted by Gasteiger charge is 2.19. The van der Waals surface area contributed by atoms with Crippen molar-refractivity contribution in [1.82, 2.24) is 0 Å². The van der Waals surface area contributed by atoms with Crippen LogP contribution in [0.15, 0.2) is 30.3 Å². The first kappa shape index (κ1) is 19.6. The number of benzene rings is 2. The summed E-state index contributed by atoms with van der Waals surface area (Å²) in [6.07, 6.45) is -0.362. The van der Waals surface area contributed by atoms with E-state index in [1.54, 1.807) is 31.2 Å². The van der Waals surface area contributed by atoms with Crippen molar-refractivity contribution in [3.8, 4) is 17.2 Å². The zero-order chi connectivity index (χ0) is 17.1. The number of nitrogens with two attached hydrogens (primary N) is 1. The van der Waals surface area contributed by atoms with Crippen LogP contribution in [0.5, 0.6) is 0 Å². The maximum atomic E-state index is 14.3. The minimum absolute atomic E-state index is 0. The molecule has 24 heavy (non-hydrogen) atoms. The van der Waals surface area contributed by atoms with Gasteiger partial charge in [-0.3, -0.25) is 4.79 Å². The van der Waals surface area contributed by atoms with Gasteiger partial charge in [0.15, 0.2) is 0 Å². The minimum atomic E-state index is -1.09. The molecule has 3 N–H and O–H groups in total. The van der Waals surface area contributed by atoms with E-state index in [1.165, 1.54) is 0 Å². The summed E-state index contributed by atoms with van der Waals surface area (Å²) in [5.41, 5.74) is 9.08. The third-order valence-corrected chi connectivity index (χ3v) is 3.76. The average Bonchev–Trinajstić information content (AvgIpc) is 2.48. The lowest BCUT2D eigenvalue weighted by Crippen LogP contribution is -2.17. The lowest BCUT2D eigenvalue weighted by Gasteiger charge is -2.16. The Balaban J connectivity index is 0.00000288. The van der Waals surface area contributed by atoms with E-state index in [9.17, 15) is 14.4 Å². The van der Waals surface area contributed by atoms with Gasteiger partial charge in [-0.2, -0.15) is 5.26 Å². The summed E-state index contributed by atoms with van der Waals surface area (Å²) < 4.78 is 14.3. The Morgan fingerprint density at radius 2 is 2.00 bits per heavy atom. The first-order valence-corrected chi connectivity index (χ1v) is 7.12. The van der Waals surface area contributed by atoms with Gasteiger partial charge < -0.3 is 10.8 Å². The van der Waals surface area contributed by atoms with Gasteiger partial charge in [-0.15, -0.1) is 12.4 Å². The molecule has 0 saturated carbocycles. The van der Waals surface area contributed by atoms with Crippen LogP contribution >= 0.6 is 12.4 Å². The van der Waals surface area contributed by atoms with E-state index in [1.807, 2.05) is 13.0 Å². The fourth-order valence-electron chi connectivity index (χ4n) is 2.65. The van der Waals surface area contributed by atoms with Gasteiger partial charge in [-0.25, -0.2) is 4.39 Å². The predicted octanol–water partition coefficient (Wildman–Crippen LogP) is 3.88. The summed E-state index contributed by atoms with van der Waals surface area (Å²) >= 11 is 0. The van der Waals surface area contributed by atoms with Gasteiger partial charge in [0.2, 0.25) is 0 Å². The maximum absolute atomic E-state index is 14.3. The van der Waals surface area contributed by atoms with Crippen LogP contribution in [0.25, 0.3) is 11.1 Å². The molecule has 0 spiro atoms. The van der Waals surface area contributed by atoms with Crippen LogP contribution in [-0.4, -0.2) is 11.1 Å². The van der Waals surface area contributed by atoms with Crippen LogP contribution in [0, 0.1) is 31.0 Å². The highest BCUT2D eigenvalue weighted by molar-refractivity contribution is 5.85. The molecule has 0 fully saturated rings. The number of hydrogen-bond donors (Lipinski definition) is 2. The van der Waals surface area contributed by atoms with Crippen molar-refractivity contribution in [2.45, 2.75) is 26.3 Å². The number of nitriles is 1. The Labute approximate surface area is 146 Å². The molecule has 0 heterocycles. The molecular formula is C18H18ClFN2O2. The molecule has 126 valence electrons. The fraction of sp³-hybridized carbons (Fsp3) is 0.222. The first-order chi connectivity index (χ1) is 10.8. The Morgan fingerprint density at radius 3 is 2.58 bits per heavy atom. The molecule has 2 rings (SSSR count). The van der Waals surface area contributed by atoms with Gasteiger partial charge >= 0.3 is 5.97 Å². The molecular weight excluding hydrogens is 331 g/mol. The number of carbonyl (C=O) groups is 1. The highest BCUT2D eigenvalue weighted by atomic mass is 35.5. The molecule has 0 aliphatic heterocycles. The third kappa shape index (κ3) is 3.91. The summed E-state index contributed by atoms with van der Waals surface area (Å²) in [5.74, 6) is -1.59. The molecule has 4 nitrogen and oxygen atoms in total. The molecule has 0 aliphatic rings. The fourth-order valence-corrected chi connectivity index (χ4v) is 2.65. The van der Waals surface area contributed by atoms with Gasteiger partial charge in [0, 0.05) is 17.2 Å². The average molecular weight is 349 g/mol. The number of aryl methyl sites for hydroxylation is 2. The van der Waals surface area contributed by atoms with Gasteiger partial charge in [0.05, 0.1) is 18.1 Å². The van der Waals surface area contributed by atoms with E-state index >= 15 is 0 Å². The molecule has 6 heteroatoms. The van der Waals surface area contributed by atoms with Crippen LogP contribution in [0.2, 0.25) is 0 Å². The second-order valence-electron chi connectivity index (χ2n) is 5.51. The van der Waals surface area contributed by atoms with Crippen molar-refractivity contribution in [1.29, 1.82) is 5.26 Å².